The van der Waals surface area contributed by atoms with Gasteiger partial charge < -0.3 is 11.1 Å². The van der Waals surface area contributed by atoms with Crippen LogP contribution < -0.4 is 11.1 Å². The molecule has 3 rings (SSSR count). The van der Waals surface area contributed by atoms with Gasteiger partial charge in [-0.1, -0.05) is 30.3 Å². The molecule has 1 aromatic carbocycles. The monoisotopic (exact) mass is 253 g/mol. The van der Waals surface area contributed by atoms with Gasteiger partial charge in [0, 0.05) is 18.2 Å². The highest BCUT2D eigenvalue weighted by atomic mass is 16.1. The van der Waals surface area contributed by atoms with Gasteiger partial charge in [-0.15, -0.1) is 0 Å². The Bertz CT molecular complexity index is 610. The predicted octanol–water partition coefficient (Wildman–Crippen LogP) is 2.28. The molecule has 0 radical (unpaired) electrons. The van der Waals surface area contributed by atoms with E-state index in [0.717, 1.165) is 23.2 Å². The molecule has 3 N–H and O–H groups in total. The van der Waals surface area contributed by atoms with Crippen LogP contribution in [0.2, 0.25) is 0 Å². The SMILES string of the molecule is Nc1cc(C2CCC(=O)N2)cnc1-c1ccccc1. The van der Waals surface area contributed by atoms with Crippen molar-refractivity contribution in [3.63, 3.8) is 0 Å². The molecular weight excluding hydrogens is 238 g/mol. The number of nitrogens with zero attached hydrogens (tertiary/aromatic N) is 1. The van der Waals surface area contributed by atoms with Crippen LogP contribution in [-0.2, 0) is 4.79 Å². The van der Waals surface area contributed by atoms with E-state index < -0.39 is 0 Å². The first-order chi connectivity index (χ1) is 9.24. The first-order valence-corrected chi connectivity index (χ1v) is 6.34. The molecule has 96 valence electrons. The zero-order valence-electron chi connectivity index (χ0n) is 10.5. The third kappa shape index (κ3) is 2.29. The molecule has 1 atom stereocenters. The van der Waals surface area contributed by atoms with Gasteiger partial charge in [0.25, 0.3) is 0 Å². The van der Waals surface area contributed by atoms with Crippen molar-refractivity contribution in [3.8, 4) is 11.3 Å². The van der Waals surface area contributed by atoms with Crippen LogP contribution in [0.25, 0.3) is 11.3 Å². The molecule has 1 aromatic heterocycles. The number of hydrogen-bond donors (Lipinski definition) is 2. The van der Waals surface area contributed by atoms with E-state index in [1.807, 2.05) is 36.4 Å². The molecule has 1 aliphatic heterocycles. The molecule has 4 heteroatoms. The second-order valence-electron chi connectivity index (χ2n) is 4.73. The molecule has 0 saturated carbocycles. The molecule has 0 aliphatic carbocycles. The fourth-order valence-corrected chi connectivity index (χ4v) is 2.39. The molecule has 1 saturated heterocycles. The van der Waals surface area contributed by atoms with Gasteiger partial charge in [-0.2, -0.15) is 0 Å². The van der Waals surface area contributed by atoms with Crippen LogP contribution in [0.4, 0.5) is 5.69 Å². The zero-order chi connectivity index (χ0) is 13.2. The van der Waals surface area contributed by atoms with E-state index in [9.17, 15) is 4.79 Å². The molecule has 2 aromatic rings. The summed E-state index contributed by atoms with van der Waals surface area (Å²) in [4.78, 5) is 15.7. The average Bonchev–Trinajstić information content (AvgIpc) is 2.86. The quantitative estimate of drug-likeness (QED) is 0.862. The van der Waals surface area contributed by atoms with Gasteiger partial charge in [0.2, 0.25) is 5.91 Å². The Hall–Kier alpha value is -2.36. The van der Waals surface area contributed by atoms with Gasteiger partial charge in [0.15, 0.2) is 0 Å². The number of aromatic nitrogens is 1. The summed E-state index contributed by atoms with van der Waals surface area (Å²) in [5.41, 5.74) is 9.49. The minimum Gasteiger partial charge on any atom is -0.397 e. The maximum atomic E-state index is 11.2. The van der Waals surface area contributed by atoms with Crippen molar-refractivity contribution in [2.45, 2.75) is 18.9 Å². The van der Waals surface area contributed by atoms with Crippen LogP contribution in [0.3, 0.4) is 0 Å². The summed E-state index contributed by atoms with van der Waals surface area (Å²) in [6.07, 6.45) is 3.19. The first kappa shape index (κ1) is 11.7. The van der Waals surface area contributed by atoms with Gasteiger partial charge >= 0.3 is 0 Å². The highest BCUT2D eigenvalue weighted by molar-refractivity contribution is 5.79. The molecule has 1 amide bonds. The number of hydrogen-bond acceptors (Lipinski definition) is 3. The molecular formula is C15H15N3O. The maximum absolute atomic E-state index is 11.2. The summed E-state index contributed by atoms with van der Waals surface area (Å²) in [5.74, 6) is 0.0932. The smallest absolute Gasteiger partial charge is 0.220 e. The average molecular weight is 253 g/mol. The van der Waals surface area contributed by atoms with Crippen molar-refractivity contribution < 1.29 is 4.79 Å². The van der Waals surface area contributed by atoms with Crippen LogP contribution in [0, 0.1) is 0 Å². The number of benzene rings is 1. The standard InChI is InChI=1S/C15H15N3O/c16-12-8-11(13-6-7-14(19)18-13)9-17-15(12)10-4-2-1-3-5-10/h1-5,8-9,13H,6-7,16H2,(H,18,19). The number of carbonyl (C=O) groups is 1. The molecule has 1 aliphatic rings. The number of nitrogens with one attached hydrogen (secondary N) is 1. The molecule has 19 heavy (non-hydrogen) atoms. The molecule has 1 unspecified atom stereocenters. The van der Waals surface area contributed by atoms with E-state index in [-0.39, 0.29) is 11.9 Å². The van der Waals surface area contributed by atoms with Crippen molar-refractivity contribution in [1.82, 2.24) is 10.3 Å². The molecule has 0 spiro atoms. The number of anilines is 1. The summed E-state index contributed by atoms with van der Waals surface area (Å²) in [6, 6.07) is 11.8. The maximum Gasteiger partial charge on any atom is 0.220 e. The number of carbonyl (C=O) groups excluding carboxylic acids is 1. The molecule has 1 fully saturated rings. The summed E-state index contributed by atoms with van der Waals surface area (Å²) < 4.78 is 0. The molecule has 2 heterocycles. The number of nitrogens with two attached hydrogens (primary N) is 1. The fraction of sp³-hybridized carbons (Fsp3) is 0.200. The minimum atomic E-state index is 0.0483. The number of rotatable bonds is 2. The summed E-state index contributed by atoms with van der Waals surface area (Å²) in [5, 5.41) is 2.92. The Morgan fingerprint density at radius 3 is 2.68 bits per heavy atom. The Kier molecular flexibility index (Phi) is 2.91. The van der Waals surface area contributed by atoms with Crippen molar-refractivity contribution in [3.05, 3.63) is 48.2 Å². The summed E-state index contributed by atoms with van der Waals surface area (Å²) in [7, 11) is 0. The predicted molar refractivity (Wildman–Crippen MR) is 74.2 cm³/mol. The zero-order valence-corrected chi connectivity index (χ0v) is 10.5. The van der Waals surface area contributed by atoms with Crippen LogP contribution in [0.15, 0.2) is 42.6 Å². The van der Waals surface area contributed by atoms with Crippen LogP contribution in [0.1, 0.15) is 24.4 Å². The Morgan fingerprint density at radius 2 is 2.05 bits per heavy atom. The van der Waals surface area contributed by atoms with Gasteiger partial charge in [0.05, 0.1) is 17.4 Å². The van der Waals surface area contributed by atoms with E-state index >= 15 is 0 Å². The molecule has 4 nitrogen and oxygen atoms in total. The van der Waals surface area contributed by atoms with E-state index in [4.69, 9.17) is 5.73 Å². The minimum absolute atomic E-state index is 0.0483. The van der Waals surface area contributed by atoms with Crippen LogP contribution >= 0.6 is 0 Å². The number of pyridine rings is 1. The lowest BCUT2D eigenvalue weighted by molar-refractivity contribution is -0.119. The summed E-state index contributed by atoms with van der Waals surface area (Å²) >= 11 is 0. The van der Waals surface area contributed by atoms with Crippen molar-refractivity contribution >= 4 is 11.6 Å². The van der Waals surface area contributed by atoms with Gasteiger partial charge in [-0.3, -0.25) is 9.78 Å². The van der Waals surface area contributed by atoms with Gasteiger partial charge in [-0.25, -0.2) is 0 Å². The highest BCUT2D eigenvalue weighted by Crippen LogP contribution is 2.29. The van der Waals surface area contributed by atoms with Crippen LogP contribution in [0.5, 0.6) is 0 Å². The van der Waals surface area contributed by atoms with Crippen molar-refractivity contribution in [1.29, 1.82) is 0 Å². The van der Waals surface area contributed by atoms with Crippen LogP contribution in [-0.4, -0.2) is 10.9 Å². The van der Waals surface area contributed by atoms with E-state index in [1.165, 1.54) is 0 Å². The van der Waals surface area contributed by atoms with E-state index in [0.29, 0.717) is 12.1 Å². The Balaban J connectivity index is 1.92. The second kappa shape index (κ2) is 4.72. The lowest BCUT2D eigenvalue weighted by Crippen LogP contribution is -2.18. The normalized spacial score (nSPS) is 18.3. The third-order valence-electron chi connectivity index (χ3n) is 3.38. The Labute approximate surface area is 111 Å². The largest absolute Gasteiger partial charge is 0.397 e. The summed E-state index contributed by atoms with van der Waals surface area (Å²) in [6.45, 7) is 0. The second-order valence-corrected chi connectivity index (χ2v) is 4.73. The lowest BCUT2D eigenvalue weighted by Gasteiger charge is -2.12. The fourth-order valence-electron chi connectivity index (χ4n) is 2.39. The lowest BCUT2D eigenvalue weighted by atomic mass is 10.0. The number of amides is 1. The van der Waals surface area contributed by atoms with E-state index in [2.05, 4.69) is 10.3 Å². The van der Waals surface area contributed by atoms with Crippen molar-refractivity contribution in [2.24, 2.45) is 0 Å². The third-order valence-corrected chi connectivity index (χ3v) is 3.38. The topological polar surface area (TPSA) is 68.0 Å². The van der Waals surface area contributed by atoms with Crippen molar-refractivity contribution in [2.75, 3.05) is 5.73 Å². The van der Waals surface area contributed by atoms with E-state index in [1.54, 1.807) is 6.20 Å². The number of nitrogen functional groups attached to an aromatic ring is 1. The highest BCUT2D eigenvalue weighted by Gasteiger charge is 2.23. The van der Waals surface area contributed by atoms with Gasteiger partial charge in [-0.05, 0) is 18.1 Å². The first-order valence-electron chi connectivity index (χ1n) is 6.34. The molecule has 0 bridgehead atoms. The van der Waals surface area contributed by atoms with Gasteiger partial charge in [0.1, 0.15) is 0 Å². The Morgan fingerprint density at radius 1 is 1.26 bits per heavy atom.